The summed E-state index contributed by atoms with van der Waals surface area (Å²) in [6, 6.07) is 3.57. The standard InChI is InChI=1S/C10H7F3IN2/c1-16-5-8(14)7-4-6(10(11,12)13)2-3-9(7)15-16/h2-5H,1H3/q-1. The average molecular weight is 339 g/mol. The third-order valence-electron chi connectivity index (χ3n) is 2.15. The topological polar surface area (TPSA) is 17.3 Å². The van der Waals surface area contributed by atoms with E-state index >= 15 is 0 Å². The molecule has 1 aromatic carbocycles. The van der Waals surface area contributed by atoms with Gasteiger partial charge in [-0.3, -0.25) is 0 Å². The van der Waals surface area contributed by atoms with E-state index in [-0.39, 0.29) is 0 Å². The maximum absolute atomic E-state index is 12.5. The Labute approximate surface area is 104 Å². The third-order valence-corrected chi connectivity index (χ3v) is 3.01. The molecule has 1 aliphatic heterocycles. The molecular formula is C10H7F3IN2-. The Hall–Kier alpha value is -0.920. The van der Waals surface area contributed by atoms with Crippen molar-refractivity contribution in [3.8, 4) is 0 Å². The van der Waals surface area contributed by atoms with E-state index in [0.29, 0.717) is 11.3 Å². The second-order valence-electron chi connectivity index (χ2n) is 3.38. The van der Waals surface area contributed by atoms with Crippen LogP contribution in [-0.2, 0) is 6.18 Å². The van der Waals surface area contributed by atoms with Crippen molar-refractivity contribution in [1.29, 1.82) is 0 Å². The lowest BCUT2D eigenvalue weighted by atomic mass is 10.1. The number of hydrogen-bond acceptors (Lipinski definition) is 1. The molecule has 16 heavy (non-hydrogen) atoms. The minimum atomic E-state index is -4.31. The Morgan fingerprint density at radius 1 is 1.31 bits per heavy atom. The van der Waals surface area contributed by atoms with Crippen molar-refractivity contribution in [2.45, 2.75) is 6.18 Å². The van der Waals surface area contributed by atoms with Crippen molar-refractivity contribution in [3.05, 3.63) is 41.0 Å². The Balaban J connectivity index is 2.50. The first-order valence-electron chi connectivity index (χ1n) is 4.41. The highest BCUT2D eigenvalue weighted by Crippen LogP contribution is 2.42. The Morgan fingerprint density at radius 3 is 2.62 bits per heavy atom. The molecular weight excluding hydrogens is 332 g/mol. The summed E-state index contributed by atoms with van der Waals surface area (Å²) >= 11 is 2.00. The minimum Gasteiger partial charge on any atom is -0.595 e. The molecule has 0 amide bonds. The van der Waals surface area contributed by atoms with Crippen LogP contribution in [0.2, 0.25) is 0 Å². The summed E-state index contributed by atoms with van der Waals surface area (Å²) < 4.78 is 38.2. The van der Waals surface area contributed by atoms with Crippen LogP contribution in [0.15, 0.2) is 24.4 Å². The summed E-state index contributed by atoms with van der Waals surface area (Å²) in [5, 5.41) is 1.58. The lowest BCUT2D eigenvalue weighted by Crippen LogP contribution is -2.10. The summed E-state index contributed by atoms with van der Waals surface area (Å²) in [4.78, 5) is 0. The quantitative estimate of drug-likeness (QED) is 0.644. The summed E-state index contributed by atoms with van der Waals surface area (Å²) in [7, 11) is 1.74. The molecule has 0 bridgehead atoms. The highest BCUT2D eigenvalue weighted by molar-refractivity contribution is 14.1. The zero-order valence-electron chi connectivity index (χ0n) is 8.22. The van der Waals surface area contributed by atoms with Crippen molar-refractivity contribution < 1.29 is 13.2 Å². The molecule has 0 unspecified atom stereocenters. The van der Waals surface area contributed by atoms with E-state index in [0.717, 1.165) is 15.7 Å². The van der Waals surface area contributed by atoms with Gasteiger partial charge in [-0.05, 0) is 47.5 Å². The molecule has 0 aromatic heterocycles. The molecule has 0 aliphatic carbocycles. The number of fused-ring (bicyclic) bond motifs is 1. The van der Waals surface area contributed by atoms with Gasteiger partial charge in [-0.15, -0.1) is 5.69 Å². The fraction of sp³-hybridized carbons (Fsp3) is 0.200. The maximum atomic E-state index is 12.5. The van der Waals surface area contributed by atoms with Crippen LogP contribution in [0.25, 0.3) is 9.01 Å². The molecule has 1 aliphatic rings. The van der Waals surface area contributed by atoms with Gasteiger partial charge in [-0.2, -0.15) is 13.2 Å². The Morgan fingerprint density at radius 2 is 2.00 bits per heavy atom. The Kier molecular flexibility index (Phi) is 2.77. The largest absolute Gasteiger partial charge is 0.595 e. The van der Waals surface area contributed by atoms with Crippen LogP contribution in [0.1, 0.15) is 11.1 Å². The van der Waals surface area contributed by atoms with E-state index in [9.17, 15) is 13.2 Å². The van der Waals surface area contributed by atoms with Crippen molar-refractivity contribution in [2.75, 3.05) is 7.05 Å². The van der Waals surface area contributed by atoms with Crippen LogP contribution in [-0.4, -0.2) is 12.1 Å². The molecule has 6 heteroatoms. The molecule has 1 aromatic rings. The molecule has 0 saturated heterocycles. The van der Waals surface area contributed by atoms with E-state index in [1.165, 1.54) is 6.07 Å². The molecule has 2 nitrogen and oxygen atoms in total. The van der Waals surface area contributed by atoms with Gasteiger partial charge in [0.25, 0.3) is 0 Å². The summed E-state index contributed by atoms with van der Waals surface area (Å²) in [6.07, 6.45) is -2.63. The van der Waals surface area contributed by atoms with E-state index in [4.69, 9.17) is 0 Å². The van der Waals surface area contributed by atoms with E-state index in [2.05, 4.69) is 5.43 Å². The lowest BCUT2D eigenvalue weighted by Gasteiger charge is -2.39. The number of nitrogens with zero attached hydrogens (tertiary/aromatic N) is 2. The Bertz CT molecular complexity index is 454. The van der Waals surface area contributed by atoms with Crippen LogP contribution in [0.5, 0.6) is 0 Å². The van der Waals surface area contributed by atoms with Crippen molar-refractivity contribution in [3.63, 3.8) is 0 Å². The van der Waals surface area contributed by atoms with Gasteiger partial charge >= 0.3 is 6.18 Å². The summed E-state index contributed by atoms with van der Waals surface area (Å²) in [5.41, 5.74) is 4.54. The van der Waals surface area contributed by atoms with Gasteiger partial charge in [0.1, 0.15) is 0 Å². The van der Waals surface area contributed by atoms with Crippen LogP contribution in [0.3, 0.4) is 0 Å². The maximum Gasteiger partial charge on any atom is 0.416 e. The molecule has 0 atom stereocenters. The van der Waals surface area contributed by atoms with Gasteiger partial charge in [0.2, 0.25) is 0 Å². The minimum absolute atomic E-state index is 0.522. The molecule has 0 spiro atoms. The highest BCUT2D eigenvalue weighted by Gasteiger charge is 2.30. The number of hydrogen-bond donors (Lipinski definition) is 0. The normalized spacial score (nSPS) is 15.3. The number of alkyl halides is 3. The van der Waals surface area contributed by atoms with E-state index < -0.39 is 11.7 Å². The van der Waals surface area contributed by atoms with Gasteiger partial charge < -0.3 is 10.4 Å². The SMILES string of the molecule is CN1C=C(I)c2cc(C(F)(F)F)ccc2[N-]1. The first-order valence-corrected chi connectivity index (χ1v) is 5.49. The van der Waals surface area contributed by atoms with Gasteiger partial charge in [0.15, 0.2) is 0 Å². The number of halogens is 4. The van der Waals surface area contributed by atoms with Crippen molar-refractivity contribution in [2.24, 2.45) is 0 Å². The van der Waals surface area contributed by atoms with Crippen LogP contribution < -0.4 is 0 Å². The van der Waals surface area contributed by atoms with Gasteiger partial charge in [-0.1, -0.05) is 12.1 Å². The molecule has 0 radical (unpaired) electrons. The predicted molar refractivity (Wildman–Crippen MR) is 64.2 cm³/mol. The molecule has 0 N–H and O–H groups in total. The first kappa shape index (κ1) is 11.6. The lowest BCUT2D eigenvalue weighted by molar-refractivity contribution is -0.137. The molecule has 2 rings (SSSR count). The van der Waals surface area contributed by atoms with Crippen LogP contribution in [0.4, 0.5) is 18.9 Å². The number of rotatable bonds is 0. The highest BCUT2D eigenvalue weighted by atomic mass is 127. The summed E-state index contributed by atoms with van der Waals surface area (Å²) in [5.74, 6) is 0. The molecule has 86 valence electrons. The smallest absolute Gasteiger partial charge is 0.416 e. The first-order chi connectivity index (χ1) is 7.38. The second kappa shape index (κ2) is 3.83. The summed E-state index contributed by atoms with van der Waals surface area (Å²) in [6.45, 7) is 0. The third kappa shape index (κ3) is 2.11. The monoisotopic (exact) mass is 339 g/mol. The van der Waals surface area contributed by atoms with E-state index in [1.807, 2.05) is 22.6 Å². The van der Waals surface area contributed by atoms with Crippen molar-refractivity contribution in [1.82, 2.24) is 5.01 Å². The van der Waals surface area contributed by atoms with Gasteiger partial charge in [0, 0.05) is 3.58 Å². The van der Waals surface area contributed by atoms with Gasteiger partial charge in [0.05, 0.1) is 5.56 Å². The molecule has 0 saturated carbocycles. The van der Waals surface area contributed by atoms with Crippen molar-refractivity contribution >= 4 is 31.9 Å². The zero-order chi connectivity index (χ0) is 11.9. The zero-order valence-corrected chi connectivity index (χ0v) is 10.4. The van der Waals surface area contributed by atoms with Gasteiger partial charge in [-0.25, -0.2) is 0 Å². The van der Waals surface area contributed by atoms with Crippen LogP contribution in [0, 0.1) is 0 Å². The molecule has 1 heterocycles. The fourth-order valence-electron chi connectivity index (χ4n) is 1.42. The fourth-order valence-corrected chi connectivity index (χ4v) is 2.26. The predicted octanol–water partition coefficient (Wildman–Crippen LogP) is 4.30. The van der Waals surface area contributed by atoms with E-state index in [1.54, 1.807) is 18.3 Å². The number of benzene rings is 1. The average Bonchev–Trinajstić information content (AvgIpc) is 2.15. The molecule has 0 fully saturated rings. The second-order valence-corrected chi connectivity index (χ2v) is 4.54. The van der Waals surface area contributed by atoms with Crippen LogP contribution >= 0.6 is 22.6 Å².